The number of esters is 1. The Morgan fingerprint density at radius 3 is 2.37 bits per heavy atom. The smallest absolute Gasteiger partial charge is 0.338 e. The second kappa shape index (κ2) is 14.1. The Labute approximate surface area is 252 Å². The number of halogens is 1. The van der Waals surface area contributed by atoms with Gasteiger partial charge in [-0.15, -0.1) is 10.2 Å². The molecule has 0 fully saturated rings. The van der Waals surface area contributed by atoms with Crippen LogP contribution in [0.2, 0.25) is 5.15 Å². The number of rotatable bonds is 13. The van der Waals surface area contributed by atoms with Gasteiger partial charge in [-0.05, 0) is 46.0 Å². The summed E-state index contributed by atoms with van der Waals surface area (Å²) in [5.41, 5.74) is 5.49. The fourth-order valence-electron chi connectivity index (χ4n) is 4.62. The summed E-state index contributed by atoms with van der Waals surface area (Å²) in [6.07, 6.45) is 2.68. The van der Waals surface area contributed by atoms with Crippen LogP contribution >= 0.6 is 11.6 Å². The van der Waals surface area contributed by atoms with Crippen molar-refractivity contribution in [1.29, 1.82) is 0 Å². The molecule has 0 amide bonds. The number of hydrogen-bond donors (Lipinski definition) is 3. The maximum absolute atomic E-state index is 12.8. The molecule has 0 aliphatic carbocycles. The highest BCUT2D eigenvalue weighted by atomic mass is 35.5. The van der Waals surface area contributed by atoms with Crippen LogP contribution in [-0.4, -0.2) is 51.9 Å². The third-order valence-corrected chi connectivity index (χ3v) is 7.15. The highest BCUT2D eigenvalue weighted by molar-refractivity contribution is 6.30. The number of aryl methyl sites for hydroxylation is 1. The molecule has 3 aromatic carbocycles. The van der Waals surface area contributed by atoms with E-state index in [0.29, 0.717) is 34.3 Å². The van der Waals surface area contributed by atoms with E-state index >= 15 is 0 Å². The van der Waals surface area contributed by atoms with Gasteiger partial charge in [0, 0.05) is 18.5 Å². The molecule has 12 nitrogen and oxygen atoms in total. The van der Waals surface area contributed by atoms with Crippen LogP contribution in [0.4, 0.5) is 0 Å². The fraction of sp³-hybridized carbons (Fsp3) is 0.233. The van der Waals surface area contributed by atoms with Crippen molar-refractivity contribution < 1.29 is 24.8 Å². The molecule has 0 bridgehead atoms. The third-order valence-electron chi connectivity index (χ3n) is 6.85. The highest BCUT2D eigenvalue weighted by Crippen LogP contribution is 2.30. The molecule has 2 heterocycles. The molecular weight excluding hydrogens is 574 g/mol. The Morgan fingerprint density at radius 2 is 1.70 bits per heavy atom. The summed E-state index contributed by atoms with van der Waals surface area (Å²) in [5, 5.41) is 31.8. The van der Waals surface area contributed by atoms with Gasteiger partial charge < -0.3 is 9.30 Å². The molecule has 0 radical (unpaired) electrons. The van der Waals surface area contributed by atoms with Crippen molar-refractivity contribution in [1.82, 2.24) is 35.6 Å². The molecule has 0 saturated carbocycles. The molecule has 0 spiro atoms. The van der Waals surface area contributed by atoms with Gasteiger partial charge in [0.05, 0.1) is 23.3 Å². The maximum atomic E-state index is 12.8. The number of carbonyl (C=O) groups excluding carboxylic acids is 1. The lowest BCUT2D eigenvalue weighted by atomic mass is 9.98. The van der Waals surface area contributed by atoms with Gasteiger partial charge in [-0.3, -0.25) is 10.4 Å². The second-order valence-corrected chi connectivity index (χ2v) is 10.1. The molecular formula is C30H30ClN7O5. The molecule has 222 valence electrons. The summed E-state index contributed by atoms with van der Waals surface area (Å²) < 4.78 is 7.65. The Morgan fingerprint density at radius 1 is 0.977 bits per heavy atom. The lowest BCUT2D eigenvalue weighted by molar-refractivity contribution is -0.497. The average molecular weight is 604 g/mol. The van der Waals surface area contributed by atoms with E-state index in [9.17, 15) is 4.79 Å². The summed E-state index contributed by atoms with van der Waals surface area (Å²) in [4.78, 5) is 22.0. The van der Waals surface area contributed by atoms with Crippen molar-refractivity contribution in [3.05, 3.63) is 106 Å². The van der Waals surface area contributed by atoms with E-state index in [4.69, 9.17) is 26.8 Å². The number of hydrogen-bond acceptors (Lipinski definition) is 10. The van der Waals surface area contributed by atoms with Gasteiger partial charge in [0.15, 0.2) is 5.15 Å². The van der Waals surface area contributed by atoms with E-state index in [0.717, 1.165) is 47.3 Å². The Hall–Kier alpha value is -4.46. The predicted molar refractivity (Wildman–Crippen MR) is 156 cm³/mol. The van der Waals surface area contributed by atoms with Crippen molar-refractivity contribution in [3.63, 3.8) is 0 Å². The van der Waals surface area contributed by atoms with Gasteiger partial charge in [0.1, 0.15) is 12.4 Å². The van der Waals surface area contributed by atoms with Crippen LogP contribution in [0.5, 0.6) is 0 Å². The van der Waals surface area contributed by atoms with Crippen molar-refractivity contribution in [2.75, 3.05) is 0 Å². The molecule has 0 unspecified atom stereocenters. The summed E-state index contributed by atoms with van der Waals surface area (Å²) in [6.45, 7) is 2.48. The fourth-order valence-corrected chi connectivity index (χ4v) is 4.87. The average Bonchev–Trinajstić information content (AvgIpc) is 3.66. The minimum Gasteiger partial charge on any atom is -0.456 e. The van der Waals surface area contributed by atoms with Crippen LogP contribution in [0.1, 0.15) is 52.8 Å². The summed E-state index contributed by atoms with van der Waals surface area (Å²) in [7, 11) is 0. The molecule has 13 heteroatoms. The molecule has 0 saturated heterocycles. The summed E-state index contributed by atoms with van der Waals surface area (Å²) in [5.74, 6) is 0.828. The second-order valence-electron chi connectivity index (χ2n) is 9.73. The van der Waals surface area contributed by atoms with Gasteiger partial charge in [-0.2, -0.15) is 5.21 Å². The van der Waals surface area contributed by atoms with Gasteiger partial charge in [-0.1, -0.05) is 85.6 Å². The lowest BCUT2D eigenvalue weighted by Gasteiger charge is -2.14. The van der Waals surface area contributed by atoms with Gasteiger partial charge >= 0.3 is 5.97 Å². The number of tetrazole rings is 1. The SMILES string of the molecule is CCCCc1nc(Cl)c(COC(=O)c2ccc(CON(O)O)cc2)n1Cc1ccc(-c2ccccc2-c2nn[nH]n2)cc1. The number of aromatic amines is 1. The van der Waals surface area contributed by atoms with E-state index in [1.807, 2.05) is 53.1 Å². The molecule has 43 heavy (non-hydrogen) atoms. The number of nitrogens with one attached hydrogen (secondary N) is 1. The predicted octanol–water partition coefficient (Wildman–Crippen LogP) is 5.64. The van der Waals surface area contributed by atoms with Gasteiger partial charge in [0.2, 0.25) is 5.82 Å². The normalized spacial score (nSPS) is 11.3. The van der Waals surface area contributed by atoms with Crippen LogP contribution in [0.15, 0.2) is 72.8 Å². The van der Waals surface area contributed by atoms with E-state index in [-0.39, 0.29) is 18.6 Å². The third kappa shape index (κ3) is 7.49. The van der Waals surface area contributed by atoms with Crippen molar-refractivity contribution in [3.8, 4) is 22.5 Å². The number of imidazole rings is 1. The number of benzene rings is 3. The first-order valence-corrected chi connectivity index (χ1v) is 14.0. The molecule has 5 aromatic rings. The number of unbranched alkanes of at least 4 members (excludes halogenated alkanes) is 1. The van der Waals surface area contributed by atoms with Crippen molar-refractivity contribution in [2.45, 2.75) is 45.9 Å². The maximum Gasteiger partial charge on any atom is 0.338 e. The zero-order valence-electron chi connectivity index (χ0n) is 23.4. The Bertz CT molecular complexity index is 1640. The van der Waals surface area contributed by atoms with Crippen LogP contribution in [0.25, 0.3) is 22.5 Å². The van der Waals surface area contributed by atoms with Crippen molar-refractivity contribution >= 4 is 17.6 Å². The van der Waals surface area contributed by atoms with E-state index < -0.39 is 5.97 Å². The molecule has 0 aliphatic heterocycles. The van der Waals surface area contributed by atoms with Crippen molar-refractivity contribution in [2.24, 2.45) is 0 Å². The number of H-pyrrole nitrogens is 1. The largest absolute Gasteiger partial charge is 0.456 e. The molecule has 3 N–H and O–H groups in total. The molecule has 5 rings (SSSR count). The minimum atomic E-state index is -0.526. The van der Waals surface area contributed by atoms with E-state index in [1.54, 1.807) is 24.3 Å². The first-order valence-electron chi connectivity index (χ1n) is 13.7. The summed E-state index contributed by atoms with van der Waals surface area (Å²) in [6, 6.07) is 22.5. The van der Waals surface area contributed by atoms with E-state index in [2.05, 4.69) is 37.4 Å². The van der Waals surface area contributed by atoms with Gasteiger partial charge in [0.25, 0.3) is 0 Å². The Balaban J connectivity index is 1.33. The Kier molecular flexibility index (Phi) is 9.87. The van der Waals surface area contributed by atoms with E-state index in [1.165, 1.54) is 0 Å². The highest BCUT2D eigenvalue weighted by Gasteiger charge is 2.19. The van der Waals surface area contributed by atoms with Crippen LogP contribution in [0, 0.1) is 0 Å². The number of carbonyl (C=O) groups is 1. The quantitative estimate of drug-likeness (QED) is 0.114. The van der Waals surface area contributed by atoms with Crippen LogP contribution in [-0.2, 0) is 35.8 Å². The molecule has 2 aromatic heterocycles. The number of ether oxygens (including phenoxy) is 1. The zero-order chi connectivity index (χ0) is 30.2. The minimum absolute atomic E-state index is 0.0538. The summed E-state index contributed by atoms with van der Waals surface area (Å²) >= 11 is 6.58. The molecule has 0 aliphatic rings. The lowest BCUT2D eigenvalue weighted by Crippen LogP contribution is -2.14. The monoisotopic (exact) mass is 603 g/mol. The number of aromatic nitrogens is 6. The first kappa shape index (κ1) is 30.0. The van der Waals surface area contributed by atoms with Crippen LogP contribution in [0.3, 0.4) is 0 Å². The molecule has 0 atom stereocenters. The van der Waals surface area contributed by atoms with Crippen LogP contribution < -0.4 is 0 Å². The van der Waals surface area contributed by atoms with Gasteiger partial charge in [-0.25, -0.2) is 14.6 Å². The topological polar surface area (TPSA) is 152 Å². The first-order chi connectivity index (χ1) is 20.9. The standard InChI is InChI=1S/C30H30ClN7O5/c1-2-3-8-27-32-28(31)26(19-42-30(39)23-15-11-21(12-16-23)18-43-38(40)41)37(27)17-20-9-13-22(14-10-20)24-6-4-5-7-25(24)29-33-35-36-34-29/h4-7,9-16,40-41H,2-3,8,17-19H2,1H3,(H,33,34,35,36). The zero-order valence-corrected chi connectivity index (χ0v) is 24.1. The number of nitrogens with zero attached hydrogens (tertiary/aromatic N) is 6.